The molecular weight excluding hydrogens is 354 g/mol. The number of phenols is 1. The second kappa shape index (κ2) is 6.83. The Balaban J connectivity index is 2.32. The fraction of sp³-hybridized carbons (Fsp3) is 0.200. The summed E-state index contributed by atoms with van der Waals surface area (Å²) < 4.78 is 28.8. The number of phenolic OH excluding ortho intramolecular Hbond substituents is 1. The topological polar surface area (TPSA) is 71.3 Å². The minimum Gasteiger partial charge on any atom is -0.505 e. The van der Waals surface area contributed by atoms with Gasteiger partial charge in [-0.1, -0.05) is 6.07 Å². The molecule has 0 spiro atoms. The molecule has 7 heteroatoms. The van der Waals surface area contributed by atoms with Crippen molar-refractivity contribution in [3.63, 3.8) is 0 Å². The van der Waals surface area contributed by atoms with E-state index >= 15 is 0 Å². The van der Waals surface area contributed by atoms with Crippen LogP contribution in [-0.4, -0.2) is 28.5 Å². The lowest BCUT2D eigenvalue weighted by Gasteiger charge is -2.12. The van der Waals surface area contributed by atoms with E-state index in [-0.39, 0.29) is 17.0 Å². The van der Waals surface area contributed by atoms with Crippen molar-refractivity contribution in [3.8, 4) is 5.75 Å². The van der Waals surface area contributed by atoms with Crippen molar-refractivity contribution < 1.29 is 23.5 Å². The highest BCUT2D eigenvalue weighted by Gasteiger charge is 2.27. The molecular formula is C20H18F2N2O3. The predicted octanol–water partition coefficient (Wildman–Crippen LogP) is 3.47. The van der Waals surface area contributed by atoms with Crippen LogP contribution in [-0.2, 0) is 4.79 Å². The molecule has 0 aliphatic heterocycles. The standard InChI is InChI=1S/C20H18F2N2O3/c1-10(19(26)23-3)18-11(2)24(16-9-15(22)17(25)8-14(16)18)20(27)12-5-4-6-13(21)7-12/h4-10,25H,1-3H3,(H,23,26)/t10-/m0/s1. The molecule has 0 aliphatic rings. The van der Waals surface area contributed by atoms with E-state index in [1.807, 2.05) is 0 Å². The Bertz CT molecular complexity index is 1070. The minimum absolute atomic E-state index is 0.0858. The fourth-order valence-electron chi connectivity index (χ4n) is 3.35. The van der Waals surface area contributed by atoms with Gasteiger partial charge >= 0.3 is 0 Å². The van der Waals surface area contributed by atoms with Crippen molar-refractivity contribution in [2.45, 2.75) is 19.8 Å². The Kier molecular flexibility index (Phi) is 4.70. The molecule has 2 N–H and O–H groups in total. The van der Waals surface area contributed by atoms with Gasteiger partial charge in [-0.25, -0.2) is 8.78 Å². The largest absolute Gasteiger partial charge is 0.505 e. The number of fused-ring (bicyclic) bond motifs is 1. The number of aromatic nitrogens is 1. The number of benzene rings is 2. The van der Waals surface area contributed by atoms with Gasteiger partial charge in [0.25, 0.3) is 5.91 Å². The number of likely N-dealkylation sites (N-methyl/N-ethyl adjacent to an activating group) is 1. The van der Waals surface area contributed by atoms with Gasteiger partial charge in [0.15, 0.2) is 11.6 Å². The van der Waals surface area contributed by atoms with E-state index < -0.39 is 29.2 Å². The average molecular weight is 372 g/mol. The number of halogens is 2. The lowest BCUT2D eigenvalue weighted by atomic mass is 9.97. The smallest absolute Gasteiger partial charge is 0.262 e. The second-order valence-corrected chi connectivity index (χ2v) is 6.31. The molecule has 0 saturated heterocycles. The summed E-state index contributed by atoms with van der Waals surface area (Å²) in [6, 6.07) is 7.40. The third-order valence-electron chi connectivity index (χ3n) is 4.67. The molecule has 1 atom stereocenters. The Hall–Kier alpha value is -3.22. The zero-order valence-electron chi connectivity index (χ0n) is 15.0. The summed E-state index contributed by atoms with van der Waals surface area (Å²) in [4.78, 5) is 25.2. The Labute approximate surface area is 154 Å². The zero-order chi connectivity index (χ0) is 19.9. The van der Waals surface area contributed by atoms with Gasteiger partial charge in [-0.2, -0.15) is 0 Å². The predicted molar refractivity (Wildman–Crippen MR) is 96.9 cm³/mol. The number of hydrogen-bond donors (Lipinski definition) is 2. The normalized spacial score (nSPS) is 12.2. The third-order valence-corrected chi connectivity index (χ3v) is 4.67. The summed E-state index contributed by atoms with van der Waals surface area (Å²) >= 11 is 0. The number of nitrogens with one attached hydrogen (secondary N) is 1. The van der Waals surface area contributed by atoms with Crippen LogP contribution in [0.25, 0.3) is 10.9 Å². The summed E-state index contributed by atoms with van der Waals surface area (Å²) in [6.45, 7) is 3.28. The zero-order valence-corrected chi connectivity index (χ0v) is 15.0. The van der Waals surface area contributed by atoms with Crippen LogP contribution in [0.5, 0.6) is 5.75 Å². The average Bonchev–Trinajstić information content (AvgIpc) is 2.91. The van der Waals surface area contributed by atoms with Crippen molar-refractivity contribution in [2.75, 3.05) is 7.05 Å². The number of amides is 1. The number of aromatic hydroxyl groups is 1. The maximum Gasteiger partial charge on any atom is 0.262 e. The number of rotatable bonds is 3. The molecule has 0 unspecified atom stereocenters. The lowest BCUT2D eigenvalue weighted by molar-refractivity contribution is -0.121. The van der Waals surface area contributed by atoms with E-state index in [9.17, 15) is 23.5 Å². The van der Waals surface area contributed by atoms with Gasteiger partial charge in [0.1, 0.15) is 5.82 Å². The summed E-state index contributed by atoms with van der Waals surface area (Å²) in [6.07, 6.45) is 0. The van der Waals surface area contributed by atoms with Crippen LogP contribution in [0.15, 0.2) is 36.4 Å². The molecule has 27 heavy (non-hydrogen) atoms. The van der Waals surface area contributed by atoms with Crippen LogP contribution >= 0.6 is 0 Å². The molecule has 0 radical (unpaired) electrons. The highest BCUT2D eigenvalue weighted by molar-refractivity contribution is 6.05. The van der Waals surface area contributed by atoms with Crippen molar-refractivity contribution >= 4 is 22.7 Å². The van der Waals surface area contributed by atoms with Gasteiger partial charge < -0.3 is 10.4 Å². The first-order valence-corrected chi connectivity index (χ1v) is 8.31. The summed E-state index contributed by atoms with van der Waals surface area (Å²) in [5.41, 5.74) is 1.19. The van der Waals surface area contributed by atoms with Gasteiger partial charge in [-0.05, 0) is 43.7 Å². The van der Waals surface area contributed by atoms with Gasteiger partial charge in [0.05, 0.1) is 11.4 Å². The lowest BCUT2D eigenvalue weighted by Crippen LogP contribution is -2.24. The fourth-order valence-corrected chi connectivity index (χ4v) is 3.35. The van der Waals surface area contributed by atoms with Crippen LogP contribution < -0.4 is 5.32 Å². The maximum absolute atomic E-state index is 14.0. The SMILES string of the molecule is CNC(=O)[C@@H](C)c1c(C)n(C(=O)c2cccc(F)c2)c2cc(F)c(O)cc12. The maximum atomic E-state index is 14.0. The molecule has 5 nitrogen and oxygen atoms in total. The van der Waals surface area contributed by atoms with Crippen molar-refractivity contribution in [1.82, 2.24) is 9.88 Å². The second-order valence-electron chi connectivity index (χ2n) is 6.31. The van der Waals surface area contributed by atoms with Gasteiger partial charge in [-0.15, -0.1) is 0 Å². The van der Waals surface area contributed by atoms with Crippen LogP contribution in [0.1, 0.15) is 34.5 Å². The third kappa shape index (κ3) is 3.05. The monoisotopic (exact) mass is 372 g/mol. The Morgan fingerprint density at radius 2 is 1.89 bits per heavy atom. The quantitative estimate of drug-likeness (QED) is 0.740. The summed E-state index contributed by atoms with van der Waals surface area (Å²) in [5, 5.41) is 12.7. The first-order chi connectivity index (χ1) is 12.8. The highest BCUT2D eigenvalue weighted by atomic mass is 19.1. The molecule has 0 aliphatic carbocycles. The van der Waals surface area contributed by atoms with Crippen molar-refractivity contribution in [1.29, 1.82) is 0 Å². The van der Waals surface area contributed by atoms with Crippen molar-refractivity contribution in [3.05, 3.63) is 64.9 Å². The van der Waals surface area contributed by atoms with Crippen LogP contribution in [0.4, 0.5) is 8.78 Å². The Morgan fingerprint density at radius 3 is 2.52 bits per heavy atom. The highest BCUT2D eigenvalue weighted by Crippen LogP contribution is 2.35. The van der Waals surface area contributed by atoms with E-state index in [0.717, 1.165) is 12.1 Å². The van der Waals surface area contributed by atoms with Crippen LogP contribution in [0.3, 0.4) is 0 Å². The number of nitrogens with zero attached hydrogens (tertiary/aromatic N) is 1. The van der Waals surface area contributed by atoms with E-state index in [1.54, 1.807) is 13.8 Å². The molecule has 3 rings (SSSR count). The van der Waals surface area contributed by atoms with Gasteiger partial charge in [-0.3, -0.25) is 14.2 Å². The first-order valence-electron chi connectivity index (χ1n) is 8.31. The van der Waals surface area contributed by atoms with Crippen LogP contribution in [0.2, 0.25) is 0 Å². The molecule has 2 aromatic carbocycles. The molecule has 1 aromatic heterocycles. The number of carbonyl (C=O) groups is 2. The van der Waals surface area contributed by atoms with E-state index in [2.05, 4.69) is 5.32 Å². The summed E-state index contributed by atoms with van der Waals surface area (Å²) in [7, 11) is 1.49. The number of carbonyl (C=O) groups excluding carboxylic acids is 2. The van der Waals surface area contributed by atoms with E-state index in [4.69, 9.17) is 0 Å². The van der Waals surface area contributed by atoms with Gasteiger partial charge in [0, 0.05) is 29.8 Å². The molecule has 0 bridgehead atoms. The molecule has 0 saturated carbocycles. The molecule has 1 heterocycles. The van der Waals surface area contributed by atoms with E-state index in [1.165, 1.54) is 35.9 Å². The van der Waals surface area contributed by atoms with E-state index in [0.29, 0.717) is 16.6 Å². The minimum atomic E-state index is -0.896. The first kappa shape index (κ1) is 18.6. The molecule has 140 valence electrons. The summed E-state index contributed by atoms with van der Waals surface area (Å²) in [5.74, 6) is -3.55. The number of hydrogen-bond acceptors (Lipinski definition) is 3. The molecule has 0 fully saturated rings. The van der Waals surface area contributed by atoms with Crippen LogP contribution in [0, 0.1) is 18.6 Å². The molecule has 3 aromatic rings. The molecule has 1 amide bonds. The van der Waals surface area contributed by atoms with Crippen molar-refractivity contribution in [2.24, 2.45) is 0 Å². The van der Waals surface area contributed by atoms with Gasteiger partial charge in [0.2, 0.25) is 5.91 Å². The Morgan fingerprint density at radius 1 is 1.19 bits per heavy atom.